The van der Waals surface area contributed by atoms with Crippen LogP contribution in [0.15, 0.2) is 0 Å². The summed E-state index contributed by atoms with van der Waals surface area (Å²) in [6.45, 7) is 14.6. The number of amides is 1. The van der Waals surface area contributed by atoms with Gasteiger partial charge in [-0.15, -0.1) is 0 Å². The van der Waals surface area contributed by atoms with Crippen molar-refractivity contribution in [3.05, 3.63) is 0 Å². The van der Waals surface area contributed by atoms with Gasteiger partial charge in [-0.3, -0.25) is 9.59 Å². The number of rotatable bonds is 2. The number of hydrogen-bond donors (Lipinski definition) is 1. The second-order valence-corrected chi connectivity index (χ2v) is 6.12. The van der Waals surface area contributed by atoms with Crippen molar-refractivity contribution in [2.75, 3.05) is 19.6 Å². The van der Waals surface area contributed by atoms with Crippen LogP contribution in [0.2, 0.25) is 0 Å². The zero-order valence-corrected chi connectivity index (χ0v) is 13.0. The molecule has 1 atom stereocenters. The number of nitrogens with zero attached hydrogens (tertiary/aromatic N) is 1. The third kappa shape index (κ3) is 8.59. The molecule has 0 aromatic heterocycles. The van der Waals surface area contributed by atoms with E-state index >= 15 is 0 Å². The lowest BCUT2D eigenvalue weighted by atomic mass is 10.1. The molecule has 0 radical (unpaired) electrons. The van der Waals surface area contributed by atoms with E-state index in [9.17, 15) is 9.59 Å². The maximum atomic E-state index is 11.5. The van der Waals surface area contributed by atoms with Gasteiger partial charge in [-0.25, -0.2) is 0 Å². The summed E-state index contributed by atoms with van der Waals surface area (Å²) in [5.74, 6) is 0.415. The number of hydrogen-bond acceptors (Lipinski definition) is 4. The molecule has 0 aromatic rings. The summed E-state index contributed by atoms with van der Waals surface area (Å²) in [5.41, 5.74) is -0.318. The standard InChI is InChI=1S/C9H18N2O.C5H10O2/c1-7(2)9(12)11-5-4-10-8(3)6-11;1-5(2,3)7-4-6/h7-8,10H,4-6H2,1-3H3;4H,1-3H3/t8-;/m1./s1. The first-order chi connectivity index (χ1) is 8.67. The van der Waals surface area contributed by atoms with E-state index in [1.807, 2.05) is 39.5 Å². The van der Waals surface area contributed by atoms with Crippen LogP contribution < -0.4 is 5.32 Å². The van der Waals surface area contributed by atoms with Crippen molar-refractivity contribution >= 4 is 12.4 Å². The average molecular weight is 272 g/mol. The third-order valence-corrected chi connectivity index (χ3v) is 2.58. The smallest absolute Gasteiger partial charge is 0.293 e. The third-order valence-electron chi connectivity index (χ3n) is 2.58. The Morgan fingerprint density at radius 2 is 2.00 bits per heavy atom. The first-order valence-corrected chi connectivity index (χ1v) is 6.81. The molecule has 0 aromatic carbocycles. The van der Waals surface area contributed by atoms with Gasteiger partial charge in [0.2, 0.25) is 5.91 Å². The van der Waals surface area contributed by atoms with Crippen LogP contribution in [-0.4, -0.2) is 48.6 Å². The highest BCUT2D eigenvalue weighted by atomic mass is 16.5. The van der Waals surface area contributed by atoms with E-state index < -0.39 is 0 Å². The molecule has 5 heteroatoms. The van der Waals surface area contributed by atoms with Crippen LogP contribution in [0.5, 0.6) is 0 Å². The van der Waals surface area contributed by atoms with Crippen LogP contribution >= 0.6 is 0 Å². The largest absolute Gasteiger partial charge is 0.462 e. The van der Waals surface area contributed by atoms with Crippen molar-refractivity contribution in [1.82, 2.24) is 10.2 Å². The molecule has 1 rings (SSSR count). The molecule has 19 heavy (non-hydrogen) atoms. The molecule has 1 fully saturated rings. The minimum atomic E-state index is -0.318. The van der Waals surface area contributed by atoms with Gasteiger partial charge in [0.25, 0.3) is 6.47 Å². The molecule has 1 aliphatic heterocycles. The average Bonchev–Trinajstić information content (AvgIpc) is 2.27. The van der Waals surface area contributed by atoms with Crippen molar-refractivity contribution in [3.63, 3.8) is 0 Å². The van der Waals surface area contributed by atoms with Crippen molar-refractivity contribution in [2.24, 2.45) is 5.92 Å². The van der Waals surface area contributed by atoms with Gasteiger partial charge in [0.1, 0.15) is 5.60 Å². The first kappa shape index (κ1) is 17.9. The van der Waals surface area contributed by atoms with Crippen LogP contribution in [0.25, 0.3) is 0 Å². The summed E-state index contributed by atoms with van der Waals surface area (Å²) in [7, 11) is 0. The van der Waals surface area contributed by atoms with Crippen LogP contribution in [0.3, 0.4) is 0 Å². The molecule has 1 amide bonds. The van der Waals surface area contributed by atoms with Gasteiger partial charge in [-0.2, -0.15) is 0 Å². The first-order valence-electron chi connectivity index (χ1n) is 6.81. The maximum absolute atomic E-state index is 11.5. The van der Waals surface area contributed by atoms with E-state index in [2.05, 4.69) is 17.0 Å². The zero-order valence-electron chi connectivity index (χ0n) is 13.0. The van der Waals surface area contributed by atoms with Gasteiger partial charge in [0, 0.05) is 31.6 Å². The van der Waals surface area contributed by atoms with E-state index in [0.29, 0.717) is 12.5 Å². The Hall–Kier alpha value is -1.10. The number of carbonyl (C=O) groups is 2. The number of ether oxygens (including phenoxy) is 1. The lowest BCUT2D eigenvalue weighted by Gasteiger charge is -2.33. The van der Waals surface area contributed by atoms with Crippen molar-refractivity contribution in [1.29, 1.82) is 0 Å². The Balaban J connectivity index is 0.000000399. The van der Waals surface area contributed by atoms with Gasteiger partial charge < -0.3 is 15.0 Å². The van der Waals surface area contributed by atoms with Gasteiger partial charge in [-0.1, -0.05) is 13.8 Å². The molecule has 112 valence electrons. The Labute approximate surface area is 116 Å². The fourth-order valence-electron chi connectivity index (χ4n) is 1.64. The number of carbonyl (C=O) groups excluding carboxylic acids is 2. The van der Waals surface area contributed by atoms with Crippen LogP contribution in [-0.2, 0) is 14.3 Å². The summed E-state index contributed by atoms with van der Waals surface area (Å²) in [5, 5.41) is 3.31. The maximum Gasteiger partial charge on any atom is 0.293 e. The highest BCUT2D eigenvalue weighted by Crippen LogP contribution is 2.05. The number of piperazine rings is 1. The van der Waals surface area contributed by atoms with E-state index in [4.69, 9.17) is 0 Å². The second-order valence-electron chi connectivity index (χ2n) is 6.12. The van der Waals surface area contributed by atoms with E-state index in [1.54, 1.807) is 0 Å². The molecular weight excluding hydrogens is 244 g/mol. The van der Waals surface area contributed by atoms with Crippen molar-refractivity contribution in [2.45, 2.75) is 53.2 Å². The van der Waals surface area contributed by atoms with Crippen molar-refractivity contribution < 1.29 is 14.3 Å². The molecule has 1 aliphatic rings. The summed E-state index contributed by atoms with van der Waals surface area (Å²) in [4.78, 5) is 23.1. The monoisotopic (exact) mass is 272 g/mol. The lowest BCUT2D eigenvalue weighted by molar-refractivity contribution is -0.138. The predicted octanol–water partition coefficient (Wildman–Crippen LogP) is 1.42. The molecule has 5 nitrogen and oxygen atoms in total. The normalized spacial score (nSPS) is 19.5. The Morgan fingerprint density at radius 1 is 1.42 bits per heavy atom. The van der Waals surface area contributed by atoms with Gasteiger partial charge in [0.05, 0.1) is 0 Å². The minimum Gasteiger partial charge on any atom is -0.462 e. The fraction of sp³-hybridized carbons (Fsp3) is 0.857. The van der Waals surface area contributed by atoms with Crippen LogP contribution in [0.4, 0.5) is 0 Å². The van der Waals surface area contributed by atoms with Gasteiger partial charge in [-0.05, 0) is 27.7 Å². The molecule has 1 N–H and O–H groups in total. The fourth-order valence-corrected chi connectivity index (χ4v) is 1.64. The molecule has 0 aliphatic carbocycles. The minimum absolute atomic E-state index is 0.135. The summed E-state index contributed by atoms with van der Waals surface area (Å²) < 4.78 is 4.55. The highest BCUT2D eigenvalue weighted by molar-refractivity contribution is 5.78. The zero-order chi connectivity index (χ0) is 15.1. The lowest BCUT2D eigenvalue weighted by Crippen LogP contribution is -2.52. The topological polar surface area (TPSA) is 58.6 Å². The summed E-state index contributed by atoms with van der Waals surface area (Å²) in [6, 6.07) is 0.446. The summed E-state index contributed by atoms with van der Waals surface area (Å²) in [6.07, 6.45) is 0. The SMILES string of the molecule is CC(C)(C)OC=O.CC(C)C(=O)N1CCN[C@H](C)C1. The van der Waals surface area contributed by atoms with Crippen LogP contribution in [0, 0.1) is 5.92 Å². The molecule has 0 bridgehead atoms. The Morgan fingerprint density at radius 3 is 2.32 bits per heavy atom. The Kier molecular flexibility index (Phi) is 7.68. The van der Waals surface area contributed by atoms with Gasteiger partial charge in [0.15, 0.2) is 0 Å². The number of nitrogens with one attached hydrogen (secondary N) is 1. The Bertz CT molecular complexity index is 285. The molecule has 0 spiro atoms. The van der Waals surface area contributed by atoms with E-state index in [0.717, 1.165) is 19.6 Å². The molecule has 0 saturated carbocycles. The second kappa shape index (κ2) is 8.15. The van der Waals surface area contributed by atoms with E-state index in [1.165, 1.54) is 0 Å². The highest BCUT2D eigenvalue weighted by Gasteiger charge is 2.21. The molecule has 1 saturated heterocycles. The predicted molar refractivity (Wildman–Crippen MR) is 75.8 cm³/mol. The van der Waals surface area contributed by atoms with Gasteiger partial charge >= 0.3 is 0 Å². The van der Waals surface area contributed by atoms with E-state index in [-0.39, 0.29) is 17.4 Å². The van der Waals surface area contributed by atoms with Crippen LogP contribution in [0.1, 0.15) is 41.5 Å². The van der Waals surface area contributed by atoms with Crippen molar-refractivity contribution in [3.8, 4) is 0 Å². The molecular formula is C14H28N2O3. The quantitative estimate of drug-likeness (QED) is 0.772. The molecule has 0 unspecified atom stereocenters. The summed E-state index contributed by atoms with van der Waals surface area (Å²) >= 11 is 0. The molecule has 1 heterocycles.